The van der Waals surface area contributed by atoms with Crippen molar-refractivity contribution in [2.45, 2.75) is 18.2 Å². The van der Waals surface area contributed by atoms with Crippen LogP contribution in [0.2, 0.25) is 0 Å². The maximum Gasteiger partial charge on any atom is 0.122 e. The van der Waals surface area contributed by atoms with Crippen LogP contribution in [0.15, 0.2) is 29.2 Å². The Bertz CT molecular complexity index is 233. The van der Waals surface area contributed by atoms with Gasteiger partial charge in [-0.05, 0) is 30.7 Å². The molecule has 0 bridgehead atoms. The molecule has 0 fully saturated rings. The van der Waals surface area contributed by atoms with Crippen molar-refractivity contribution in [2.75, 3.05) is 5.75 Å². The van der Waals surface area contributed by atoms with E-state index in [0.717, 1.165) is 5.75 Å². The van der Waals surface area contributed by atoms with Crippen molar-refractivity contribution in [1.82, 2.24) is 0 Å². The second-order valence-corrected chi connectivity index (χ2v) is 5.01. The lowest BCUT2D eigenvalue weighted by Crippen LogP contribution is -1.77. The highest BCUT2D eigenvalue weighted by atomic mass is 33.1. The molecule has 1 radical (unpaired) electrons. The normalized spacial score (nSPS) is 10.0. The van der Waals surface area contributed by atoms with Crippen molar-refractivity contribution in [3.8, 4) is 5.75 Å². The lowest BCUT2D eigenvalue weighted by atomic mass is 10.3. The molecule has 0 aromatic heterocycles. The molecule has 1 nitrogen and oxygen atoms in total. The van der Waals surface area contributed by atoms with E-state index in [1.165, 1.54) is 17.1 Å². The van der Waals surface area contributed by atoms with Crippen LogP contribution >= 0.6 is 21.6 Å². The molecule has 3 heteroatoms. The summed E-state index contributed by atoms with van der Waals surface area (Å²) >= 11 is 0. The van der Waals surface area contributed by atoms with E-state index in [2.05, 4.69) is 14.0 Å². The van der Waals surface area contributed by atoms with Crippen LogP contribution in [-0.2, 0) is 0 Å². The topological polar surface area (TPSA) is 9.23 Å². The maximum absolute atomic E-state index is 4.83. The van der Waals surface area contributed by atoms with Crippen molar-refractivity contribution in [2.24, 2.45) is 0 Å². The molecule has 1 aromatic rings. The van der Waals surface area contributed by atoms with Crippen LogP contribution in [0, 0.1) is 7.11 Å². The van der Waals surface area contributed by atoms with Gasteiger partial charge in [0.05, 0.1) is 0 Å². The summed E-state index contributed by atoms with van der Waals surface area (Å²) < 4.78 is 4.83. The zero-order chi connectivity index (χ0) is 9.52. The van der Waals surface area contributed by atoms with E-state index < -0.39 is 0 Å². The first-order chi connectivity index (χ1) is 6.36. The predicted molar refractivity (Wildman–Crippen MR) is 61.0 cm³/mol. The first kappa shape index (κ1) is 10.8. The van der Waals surface area contributed by atoms with E-state index in [1.54, 1.807) is 10.8 Å². The van der Waals surface area contributed by atoms with E-state index in [-0.39, 0.29) is 0 Å². The number of hydrogen-bond donors (Lipinski definition) is 0. The lowest BCUT2D eigenvalue weighted by molar-refractivity contribution is 0.472. The Labute approximate surface area is 87.7 Å². The SMILES string of the molecule is [CH2]Oc1ccc(SSCCC)cc1. The van der Waals surface area contributed by atoms with Crippen molar-refractivity contribution in [3.05, 3.63) is 31.4 Å². The summed E-state index contributed by atoms with van der Waals surface area (Å²) in [6.45, 7) is 2.19. The van der Waals surface area contributed by atoms with E-state index >= 15 is 0 Å². The van der Waals surface area contributed by atoms with Gasteiger partial charge in [0.15, 0.2) is 0 Å². The minimum Gasteiger partial charge on any atom is -0.490 e. The molecule has 0 aliphatic carbocycles. The van der Waals surface area contributed by atoms with Crippen molar-refractivity contribution in [3.63, 3.8) is 0 Å². The van der Waals surface area contributed by atoms with Gasteiger partial charge >= 0.3 is 0 Å². The molecule has 71 valence electrons. The van der Waals surface area contributed by atoms with Gasteiger partial charge in [0.1, 0.15) is 12.9 Å². The molecule has 0 N–H and O–H groups in total. The predicted octanol–water partition coefficient (Wildman–Crippen LogP) is 4.01. The van der Waals surface area contributed by atoms with Crippen LogP contribution < -0.4 is 4.74 Å². The lowest BCUT2D eigenvalue weighted by Gasteiger charge is -2.01. The standard InChI is InChI=1S/C10H13OS2/c1-3-8-12-13-10-6-4-9(11-2)5-7-10/h4-7H,2-3,8H2,1H3. The highest BCUT2D eigenvalue weighted by molar-refractivity contribution is 8.76. The van der Waals surface area contributed by atoms with Gasteiger partial charge in [-0.3, -0.25) is 0 Å². The fourth-order valence-corrected chi connectivity index (χ4v) is 2.91. The molecule has 0 saturated heterocycles. The molecule has 0 heterocycles. The Kier molecular flexibility index (Phi) is 5.16. The molecule has 0 amide bonds. The third-order valence-electron chi connectivity index (χ3n) is 1.43. The van der Waals surface area contributed by atoms with Gasteiger partial charge in [-0.2, -0.15) is 0 Å². The minimum absolute atomic E-state index is 0.810. The van der Waals surface area contributed by atoms with Crippen LogP contribution in [0.3, 0.4) is 0 Å². The summed E-state index contributed by atoms with van der Waals surface area (Å²) in [5, 5.41) is 0. The molecule has 0 unspecified atom stereocenters. The summed E-state index contributed by atoms with van der Waals surface area (Å²) in [6.07, 6.45) is 1.22. The number of benzene rings is 1. The minimum atomic E-state index is 0.810. The molecule has 0 aliphatic heterocycles. The molecule has 0 atom stereocenters. The highest BCUT2D eigenvalue weighted by Crippen LogP contribution is 2.32. The summed E-state index contributed by atoms with van der Waals surface area (Å²) in [4.78, 5) is 1.26. The van der Waals surface area contributed by atoms with Gasteiger partial charge in [0, 0.05) is 10.6 Å². The van der Waals surface area contributed by atoms with Gasteiger partial charge in [-0.15, -0.1) is 0 Å². The first-order valence-corrected chi connectivity index (χ1v) is 6.50. The Balaban J connectivity index is 2.40. The zero-order valence-electron chi connectivity index (χ0n) is 7.66. The summed E-state index contributed by atoms with van der Waals surface area (Å²) in [5.41, 5.74) is 0. The molecule has 1 aromatic carbocycles. The average Bonchev–Trinajstić information content (AvgIpc) is 2.19. The highest BCUT2D eigenvalue weighted by Gasteiger charge is 1.94. The molecule has 13 heavy (non-hydrogen) atoms. The van der Waals surface area contributed by atoms with Crippen LogP contribution in [0.1, 0.15) is 13.3 Å². The van der Waals surface area contributed by atoms with E-state index in [1.807, 2.05) is 35.1 Å². The van der Waals surface area contributed by atoms with Crippen LogP contribution in [0.4, 0.5) is 0 Å². The Morgan fingerprint density at radius 3 is 2.54 bits per heavy atom. The van der Waals surface area contributed by atoms with Gasteiger partial charge in [-0.1, -0.05) is 28.5 Å². The van der Waals surface area contributed by atoms with Crippen LogP contribution in [-0.4, -0.2) is 5.75 Å². The maximum atomic E-state index is 4.83. The van der Waals surface area contributed by atoms with Gasteiger partial charge in [0.2, 0.25) is 0 Å². The van der Waals surface area contributed by atoms with Crippen molar-refractivity contribution in [1.29, 1.82) is 0 Å². The Hall–Kier alpha value is -0.280. The largest absolute Gasteiger partial charge is 0.490 e. The molecule has 1 rings (SSSR count). The monoisotopic (exact) mass is 213 g/mol. The summed E-state index contributed by atoms with van der Waals surface area (Å²) in [5.74, 6) is 2.00. The second kappa shape index (κ2) is 6.22. The number of hydrogen-bond acceptors (Lipinski definition) is 3. The Morgan fingerprint density at radius 1 is 1.31 bits per heavy atom. The third-order valence-corrected chi connectivity index (χ3v) is 4.02. The quantitative estimate of drug-likeness (QED) is 0.540. The molecular formula is C10H13OS2. The second-order valence-electron chi connectivity index (χ2n) is 2.52. The van der Waals surface area contributed by atoms with E-state index in [9.17, 15) is 0 Å². The average molecular weight is 213 g/mol. The van der Waals surface area contributed by atoms with Gasteiger partial charge < -0.3 is 4.74 Å². The number of ether oxygens (including phenoxy) is 1. The van der Waals surface area contributed by atoms with Crippen LogP contribution in [0.5, 0.6) is 5.75 Å². The fourth-order valence-electron chi connectivity index (χ4n) is 0.784. The third kappa shape index (κ3) is 3.96. The summed E-state index contributed by atoms with van der Waals surface area (Å²) in [7, 11) is 7.03. The van der Waals surface area contributed by atoms with Crippen LogP contribution in [0.25, 0.3) is 0 Å². The zero-order valence-corrected chi connectivity index (χ0v) is 9.29. The molecular weight excluding hydrogens is 200 g/mol. The molecule has 0 saturated carbocycles. The van der Waals surface area contributed by atoms with Gasteiger partial charge in [-0.25, -0.2) is 0 Å². The smallest absolute Gasteiger partial charge is 0.122 e. The van der Waals surface area contributed by atoms with Crippen molar-refractivity contribution < 1.29 is 4.74 Å². The first-order valence-electron chi connectivity index (χ1n) is 4.18. The van der Waals surface area contributed by atoms with Gasteiger partial charge in [0.25, 0.3) is 0 Å². The molecule has 0 spiro atoms. The Morgan fingerprint density at radius 2 is 2.00 bits per heavy atom. The molecule has 0 aliphatic rings. The number of rotatable bonds is 5. The fraction of sp³-hybridized carbons (Fsp3) is 0.300. The van der Waals surface area contributed by atoms with E-state index in [4.69, 9.17) is 4.74 Å². The van der Waals surface area contributed by atoms with E-state index in [0.29, 0.717) is 0 Å². The summed E-state index contributed by atoms with van der Waals surface area (Å²) in [6, 6.07) is 7.96. The van der Waals surface area contributed by atoms with Crippen molar-refractivity contribution >= 4 is 21.6 Å².